The average Bonchev–Trinajstić information content (AvgIpc) is 3.49. The molecule has 1 unspecified atom stereocenters. The molecule has 0 spiro atoms. The Bertz CT molecular complexity index is 1070. The van der Waals surface area contributed by atoms with E-state index >= 15 is 0 Å². The predicted molar refractivity (Wildman–Crippen MR) is 126 cm³/mol. The molecule has 2 aromatic carbocycles. The number of benzene rings is 2. The number of amides is 2. The van der Waals surface area contributed by atoms with Crippen LogP contribution in [0.4, 0.5) is 4.79 Å². The molecule has 1 aliphatic heterocycles. The van der Waals surface area contributed by atoms with Crippen LogP contribution in [-0.2, 0) is 14.3 Å². The molecular formula is C27H30N2O5. The van der Waals surface area contributed by atoms with Crippen LogP contribution in [0.3, 0.4) is 0 Å². The predicted octanol–water partition coefficient (Wildman–Crippen LogP) is 3.87. The largest absolute Gasteiger partial charge is 0.481 e. The number of fused-ring (bicyclic) bond motifs is 4. The second-order valence-corrected chi connectivity index (χ2v) is 9.60. The first-order valence-corrected chi connectivity index (χ1v) is 12.1. The molecule has 1 saturated heterocycles. The zero-order chi connectivity index (χ0) is 23.8. The number of carboxylic acid groups (broad SMARTS) is 1. The maximum Gasteiger partial charge on any atom is 0.407 e. The van der Waals surface area contributed by atoms with E-state index in [9.17, 15) is 19.5 Å². The topological polar surface area (TPSA) is 95.9 Å². The zero-order valence-electron chi connectivity index (χ0n) is 19.3. The monoisotopic (exact) mass is 462 g/mol. The third-order valence-corrected chi connectivity index (χ3v) is 7.71. The van der Waals surface area contributed by atoms with Gasteiger partial charge >= 0.3 is 12.1 Å². The number of hydrogen-bond donors (Lipinski definition) is 2. The molecule has 2 fully saturated rings. The van der Waals surface area contributed by atoms with E-state index in [4.69, 9.17) is 4.74 Å². The SMILES string of the molecule is CC[C@H](CC(=O)N1CC[C@H]2C(C(=O)O)[C@H]2C1)NC(=O)OCC1c2ccccc2-c2ccccc21. The number of nitrogens with zero attached hydrogens (tertiary/aromatic N) is 1. The van der Waals surface area contributed by atoms with E-state index in [1.807, 2.05) is 31.2 Å². The van der Waals surface area contributed by atoms with Gasteiger partial charge in [0.1, 0.15) is 6.61 Å². The number of ether oxygens (including phenoxy) is 1. The minimum absolute atomic E-state index is 0.0122. The van der Waals surface area contributed by atoms with E-state index in [1.165, 1.54) is 11.1 Å². The Morgan fingerprint density at radius 2 is 1.71 bits per heavy atom. The molecule has 34 heavy (non-hydrogen) atoms. The summed E-state index contributed by atoms with van der Waals surface area (Å²) in [6, 6.07) is 16.0. The molecule has 2 amide bonds. The summed E-state index contributed by atoms with van der Waals surface area (Å²) in [5.74, 6) is -0.832. The second kappa shape index (κ2) is 9.12. The maximum atomic E-state index is 12.8. The molecule has 1 heterocycles. The fourth-order valence-corrected chi connectivity index (χ4v) is 5.78. The first-order valence-electron chi connectivity index (χ1n) is 12.1. The van der Waals surface area contributed by atoms with E-state index < -0.39 is 12.1 Å². The Morgan fingerprint density at radius 1 is 1.06 bits per heavy atom. The average molecular weight is 463 g/mol. The molecule has 0 aromatic heterocycles. The van der Waals surface area contributed by atoms with Crippen LogP contribution in [0, 0.1) is 17.8 Å². The molecule has 0 radical (unpaired) electrons. The van der Waals surface area contributed by atoms with Gasteiger partial charge in [-0.2, -0.15) is 0 Å². The highest BCUT2D eigenvalue weighted by Gasteiger charge is 2.57. The lowest BCUT2D eigenvalue weighted by atomic mass is 9.98. The van der Waals surface area contributed by atoms with Crippen LogP contribution >= 0.6 is 0 Å². The third-order valence-electron chi connectivity index (χ3n) is 7.71. The van der Waals surface area contributed by atoms with Crippen LogP contribution in [0.25, 0.3) is 11.1 Å². The summed E-state index contributed by atoms with van der Waals surface area (Å²) in [4.78, 5) is 38.5. The molecule has 2 aromatic rings. The number of carbonyl (C=O) groups excluding carboxylic acids is 2. The van der Waals surface area contributed by atoms with Crippen molar-refractivity contribution in [1.29, 1.82) is 0 Å². The van der Waals surface area contributed by atoms with E-state index in [1.54, 1.807) is 4.90 Å². The van der Waals surface area contributed by atoms with Gasteiger partial charge in [-0.1, -0.05) is 55.5 Å². The smallest absolute Gasteiger partial charge is 0.407 e. The van der Waals surface area contributed by atoms with Gasteiger partial charge in [-0.25, -0.2) is 4.79 Å². The van der Waals surface area contributed by atoms with Gasteiger partial charge in [0.25, 0.3) is 0 Å². The number of nitrogens with one attached hydrogen (secondary N) is 1. The number of hydrogen-bond acceptors (Lipinski definition) is 4. The normalized spacial score (nSPS) is 23.3. The van der Waals surface area contributed by atoms with Crippen LogP contribution in [0.5, 0.6) is 0 Å². The molecule has 2 aliphatic carbocycles. The van der Waals surface area contributed by atoms with Gasteiger partial charge in [0, 0.05) is 31.5 Å². The molecule has 7 nitrogen and oxygen atoms in total. The van der Waals surface area contributed by atoms with Gasteiger partial charge < -0.3 is 20.1 Å². The lowest BCUT2D eigenvalue weighted by Gasteiger charge is -2.28. The number of carbonyl (C=O) groups is 3. The summed E-state index contributed by atoms with van der Waals surface area (Å²) in [5, 5.41) is 12.1. The van der Waals surface area contributed by atoms with Crippen molar-refractivity contribution in [2.24, 2.45) is 17.8 Å². The third kappa shape index (κ3) is 4.15. The molecule has 5 rings (SSSR count). The molecule has 7 heteroatoms. The summed E-state index contributed by atoms with van der Waals surface area (Å²) in [7, 11) is 0. The van der Waals surface area contributed by atoms with Crippen molar-refractivity contribution in [3.8, 4) is 11.1 Å². The first kappa shape index (κ1) is 22.4. The van der Waals surface area contributed by atoms with Crippen molar-refractivity contribution in [3.63, 3.8) is 0 Å². The van der Waals surface area contributed by atoms with Gasteiger partial charge in [-0.05, 0) is 46.9 Å². The lowest BCUT2D eigenvalue weighted by molar-refractivity contribution is -0.139. The highest BCUT2D eigenvalue weighted by molar-refractivity contribution is 5.80. The molecule has 0 bridgehead atoms. The van der Waals surface area contributed by atoms with Gasteiger partial charge in [0.05, 0.1) is 5.92 Å². The van der Waals surface area contributed by atoms with Gasteiger partial charge in [-0.3, -0.25) is 9.59 Å². The molecule has 4 atom stereocenters. The van der Waals surface area contributed by atoms with Crippen LogP contribution in [0.15, 0.2) is 48.5 Å². The van der Waals surface area contributed by atoms with Crippen LogP contribution in [0.2, 0.25) is 0 Å². The Kier molecular flexibility index (Phi) is 6.02. The fourth-order valence-electron chi connectivity index (χ4n) is 5.78. The lowest BCUT2D eigenvalue weighted by Crippen LogP contribution is -2.43. The van der Waals surface area contributed by atoms with E-state index in [-0.39, 0.29) is 48.6 Å². The van der Waals surface area contributed by atoms with Crippen molar-refractivity contribution in [2.75, 3.05) is 19.7 Å². The number of aliphatic carboxylic acids is 1. The van der Waals surface area contributed by atoms with Crippen molar-refractivity contribution in [3.05, 3.63) is 59.7 Å². The summed E-state index contributed by atoms with van der Waals surface area (Å²) in [5.41, 5.74) is 4.66. The molecule has 2 N–H and O–H groups in total. The van der Waals surface area contributed by atoms with Crippen LogP contribution in [-0.4, -0.2) is 53.7 Å². The zero-order valence-corrected chi connectivity index (χ0v) is 19.3. The van der Waals surface area contributed by atoms with Crippen molar-refractivity contribution in [2.45, 2.75) is 38.1 Å². The highest BCUT2D eigenvalue weighted by atomic mass is 16.5. The van der Waals surface area contributed by atoms with Gasteiger partial charge in [0.2, 0.25) is 5.91 Å². The van der Waals surface area contributed by atoms with Crippen LogP contribution in [0.1, 0.15) is 43.2 Å². The number of rotatable bonds is 7. The number of likely N-dealkylation sites (tertiary alicyclic amines) is 1. The Morgan fingerprint density at radius 3 is 2.32 bits per heavy atom. The van der Waals surface area contributed by atoms with Gasteiger partial charge in [-0.15, -0.1) is 0 Å². The summed E-state index contributed by atoms with van der Waals surface area (Å²) in [6.07, 6.45) is 1.02. The second-order valence-electron chi connectivity index (χ2n) is 9.60. The molecular weight excluding hydrogens is 432 g/mol. The quantitative estimate of drug-likeness (QED) is 0.651. The van der Waals surface area contributed by atoms with Gasteiger partial charge in [0.15, 0.2) is 0 Å². The van der Waals surface area contributed by atoms with Crippen molar-refractivity contribution >= 4 is 18.0 Å². The molecule has 178 valence electrons. The molecule has 1 saturated carbocycles. The summed E-state index contributed by atoms with van der Waals surface area (Å²) >= 11 is 0. The Hall–Kier alpha value is -3.35. The fraction of sp³-hybridized carbons (Fsp3) is 0.444. The van der Waals surface area contributed by atoms with Crippen molar-refractivity contribution in [1.82, 2.24) is 10.2 Å². The Balaban J connectivity index is 1.15. The van der Waals surface area contributed by atoms with E-state index in [2.05, 4.69) is 29.6 Å². The van der Waals surface area contributed by atoms with E-state index in [0.717, 1.165) is 17.5 Å². The minimum atomic E-state index is -0.757. The highest BCUT2D eigenvalue weighted by Crippen LogP contribution is 2.51. The minimum Gasteiger partial charge on any atom is -0.481 e. The summed E-state index contributed by atoms with van der Waals surface area (Å²) < 4.78 is 5.62. The number of piperidine rings is 1. The Labute approximate surface area is 199 Å². The van der Waals surface area contributed by atoms with Crippen LogP contribution < -0.4 is 5.32 Å². The standard InChI is InChI=1S/C27H30N2O5/c1-2-16(13-24(30)29-12-11-21-22(14-29)25(21)26(31)32)28-27(33)34-15-23-19-9-5-3-7-17(19)18-8-4-6-10-20(18)23/h3-10,16,21-23,25H,2,11-15H2,1H3,(H,28,33)(H,31,32)/t16-,21-,22+,25?/m1/s1. The van der Waals surface area contributed by atoms with Crippen molar-refractivity contribution < 1.29 is 24.2 Å². The maximum absolute atomic E-state index is 12.8. The first-order chi connectivity index (χ1) is 16.5. The number of alkyl carbamates (subject to hydrolysis) is 1. The molecule has 3 aliphatic rings. The number of carboxylic acids is 1. The summed E-state index contributed by atoms with van der Waals surface area (Å²) in [6.45, 7) is 3.25. The van der Waals surface area contributed by atoms with E-state index in [0.29, 0.717) is 19.5 Å².